The number of anilines is 2. The van der Waals surface area contributed by atoms with Crippen LogP contribution in [0.4, 0.5) is 16.2 Å². The molecule has 2 amide bonds. The molecule has 162 valence electrons. The molecule has 1 N–H and O–H groups in total. The lowest BCUT2D eigenvalue weighted by Crippen LogP contribution is -2.51. The van der Waals surface area contributed by atoms with Gasteiger partial charge in [0.05, 0.1) is 11.3 Å². The minimum absolute atomic E-state index is 0.0725. The van der Waals surface area contributed by atoms with Crippen LogP contribution in [0.3, 0.4) is 0 Å². The fourth-order valence-corrected chi connectivity index (χ4v) is 3.53. The number of ether oxygens (including phenoxy) is 1. The molecule has 7 nitrogen and oxygen atoms in total. The van der Waals surface area contributed by atoms with Gasteiger partial charge < -0.3 is 19.9 Å². The maximum absolute atomic E-state index is 12.8. The average molecular weight is 485 g/mol. The predicted octanol–water partition coefficient (Wildman–Crippen LogP) is 4.76. The van der Waals surface area contributed by atoms with Crippen LogP contribution in [0.1, 0.15) is 36.7 Å². The normalized spacial score (nSPS) is 14.0. The summed E-state index contributed by atoms with van der Waals surface area (Å²) in [6, 6.07) is 14.7. The molecule has 0 saturated carbocycles. The fourth-order valence-electron chi connectivity index (χ4n) is 3.17. The van der Waals surface area contributed by atoms with Crippen LogP contribution >= 0.6 is 15.9 Å². The quantitative estimate of drug-likeness (QED) is 0.678. The van der Waals surface area contributed by atoms with Crippen LogP contribution in [0.2, 0.25) is 0 Å². The first-order chi connectivity index (χ1) is 14.7. The van der Waals surface area contributed by atoms with Crippen LogP contribution < -0.4 is 5.32 Å². The Kier molecular flexibility index (Phi) is 6.86. The summed E-state index contributed by atoms with van der Waals surface area (Å²) in [5, 5.41) is 12.5. The van der Waals surface area contributed by atoms with Gasteiger partial charge in [0.2, 0.25) is 0 Å². The van der Waals surface area contributed by atoms with Crippen LogP contribution in [0, 0.1) is 11.3 Å². The third-order valence-electron chi connectivity index (χ3n) is 4.73. The molecule has 0 unspecified atom stereocenters. The van der Waals surface area contributed by atoms with Gasteiger partial charge in [0, 0.05) is 41.9 Å². The molecule has 1 heterocycles. The summed E-state index contributed by atoms with van der Waals surface area (Å²) < 4.78 is 6.23. The number of halogens is 1. The second-order valence-corrected chi connectivity index (χ2v) is 9.18. The zero-order valence-electron chi connectivity index (χ0n) is 17.8. The van der Waals surface area contributed by atoms with Crippen molar-refractivity contribution in [2.45, 2.75) is 26.4 Å². The van der Waals surface area contributed by atoms with E-state index in [1.165, 1.54) is 0 Å². The number of hydrogen-bond acceptors (Lipinski definition) is 5. The summed E-state index contributed by atoms with van der Waals surface area (Å²) in [4.78, 5) is 28.4. The molecule has 1 aliphatic rings. The third-order valence-corrected chi connectivity index (χ3v) is 5.22. The van der Waals surface area contributed by atoms with Gasteiger partial charge in [0.25, 0.3) is 5.91 Å². The molecule has 0 radical (unpaired) electrons. The summed E-state index contributed by atoms with van der Waals surface area (Å²) in [7, 11) is 0. The van der Waals surface area contributed by atoms with Gasteiger partial charge in [-0.15, -0.1) is 0 Å². The van der Waals surface area contributed by atoms with Crippen molar-refractivity contribution >= 4 is 39.3 Å². The molecular formula is C23H25BrN4O3. The van der Waals surface area contributed by atoms with Gasteiger partial charge in [-0.1, -0.05) is 15.9 Å². The van der Waals surface area contributed by atoms with E-state index in [0.29, 0.717) is 43.0 Å². The van der Waals surface area contributed by atoms with Crippen LogP contribution in [0.5, 0.6) is 0 Å². The number of piperazine rings is 1. The topological polar surface area (TPSA) is 85.7 Å². The van der Waals surface area contributed by atoms with Crippen molar-refractivity contribution < 1.29 is 14.3 Å². The molecule has 2 aromatic carbocycles. The number of benzene rings is 2. The molecule has 31 heavy (non-hydrogen) atoms. The van der Waals surface area contributed by atoms with E-state index in [9.17, 15) is 14.9 Å². The van der Waals surface area contributed by atoms with Gasteiger partial charge >= 0.3 is 6.09 Å². The number of rotatable bonds is 3. The maximum atomic E-state index is 12.8. The molecule has 1 fully saturated rings. The van der Waals surface area contributed by atoms with Crippen molar-refractivity contribution in [2.24, 2.45) is 0 Å². The first-order valence-electron chi connectivity index (χ1n) is 10.0. The predicted molar refractivity (Wildman–Crippen MR) is 122 cm³/mol. The zero-order chi connectivity index (χ0) is 22.6. The van der Waals surface area contributed by atoms with Crippen molar-refractivity contribution in [3.05, 3.63) is 58.1 Å². The molecule has 1 aliphatic heterocycles. The van der Waals surface area contributed by atoms with Crippen LogP contribution in [-0.4, -0.2) is 53.6 Å². The largest absolute Gasteiger partial charge is 0.444 e. The standard InChI is InChI=1S/C23H25BrN4O3/c1-23(2,3)31-22(30)28-12-10-27(11-13-28)21(29)16-4-7-19(8-5-16)26-20-9-6-18(24)14-17(20)15-25/h4-9,14,26H,10-13H2,1-3H3. The molecule has 0 aliphatic carbocycles. The minimum atomic E-state index is -0.538. The highest BCUT2D eigenvalue weighted by Gasteiger charge is 2.28. The molecule has 0 bridgehead atoms. The van der Waals surface area contributed by atoms with E-state index < -0.39 is 5.60 Å². The van der Waals surface area contributed by atoms with E-state index in [-0.39, 0.29) is 12.0 Å². The van der Waals surface area contributed by atoms with Crippen LogP contribution in [0.25, 0.3) is 0 Å². The van der Waals surface area contributed by atoms with E-state index in [2.05, 4.69) is 27.3 Å². The summed E-state index contributed by atoms with van der Waals surface area (Å²) in [5.74, 6) is -0.0725. The number of amides is 2. The smallest absolute Gasteiger partial charge is 0.410 e. The second kappa shape index (κ2) is 9.40. The number of hydrogen-bond donors (Lipinski definition) is 1. The Morgan fingerprint density at radius 3 is 2.23 bits per heavy atom. The number of nitriles is 1. The highest BCUT2D eigenvalue weighted by molar-refractivity contribution is 9.10. The lowest BCUT2D eigenvalue weighted by molar-refractivity contribution is 0.0141. The molecule has 0 atom stereocenters. The van der Waals surface area contributed by atoms with E-state index in [4.69, 9.17) is 4.74 Å². The Morgan fingerprint density at radius 1 is 1.03 bits per heavy atom. The van der Waals surface area contributed by atoms with E-state index in [0.717, 1.165) is 10.2 Å². The molecular weight excluding hydrogens is 460 g/mol. The number of nitrogens with zero attached hydrogens (tertiary/aromatic N) is 3. The summed E-state index contributed by atoms with van der Waals surface area (Å²) in [5.41, 5.74) is 2.04. The summed E-state index contributed by atoms with van der Waals surface area (Å²) >= 11 is 3.36. The first-order valence-corrected chi connectivity index (χ1v) is 10.8. The fraction of sp³-hybridized carbons (Fsp3) is 0.348. The van der Waals surface area contributed by atoms with Crippen molar-refractivity contribution in [1.29, 1.82) is 5.26 Å². The maximum Gasteiger partial charge on any atom is 0.410 e. The number of carbonyl (C=O) groups is 2. The third kappa shape index (κ3) is 5.98. The lowest BCUT2D eigenvalue weighted by atomic mass is 10.1. The molecule has 0 spiro atoms. The minimum Gasteiger partial charge on any atom is -0.444 e. The van der Waals surface area contributed by atoms with Crippen LogP contribution in [0.15, 0.2) is 46.9 Å². The van der Waals surface area contributed by atoms with Gasteiger partial charge in [-0.3, -0.25) is 4.79 Å². The Morgan fingerprint density at radius 2 is 1.65 bits per heavy atom. The average Bonchev–Trinajstić information content (AvgIpc) is 2.74. The highest BCUT2D eigenvalue weighted by atomic mass is 79.9. The van der Waals surface area contributed by atoms with E-state index in [1.54, 1.807) is 28.0 Å². The Hall–Kier alpha value is -3.05. The monoisotopic (exact) mass is 484 g/mol. The van der Waals surface area contributed by atoms with E-state index >= 15 is 0 Å². The van der Waals surface area contributed by atoms with Crippen molar-refractivity contribution in [2.75, 3.05) is 31.5 Å². The lowest BCUT2D eigenvalue weighted by Gasteiger charge is -2.35. The Labute approximate surface area is 190 Å². The molecule has 2 aromatic rings. The van der Waals surface area contributed by atoms with Crippen LogP contribution in [-0.2, 0) is 4.74 Å². The number of nitrogens with one attached hydrogen (secondary N) is 1. The van der Waals surface area contributed by atoms with Gasteiger partial charge in [-0.05, 0) is 63.2 Å². The zero-order valence-corrected chi connectivity index (χ0v) is 19.4. The molecule has 1 saturated heterocycles. The Balaban J connectivity index is 1.59. The van der Waals surface area contributed by atoms with Gasteiger partial charge in [0.1, 0.15) is 11.7 Å². The SMILES string of the molecule is CC(C)(C)OC(=O)N1CCN(C(=O)c2ccc(Nc3ccc(Br)cc3C#N)cc2)CC1. The molecule has 8 heteroatoms. The van der Waals surface area contributed by atoms with Gasteiger partial charge in [0.15, 0.2) is 0 Å². The second-order valence-electron chi connectivity index (χ2n) is 8.26. The molecule has 0 aromatic heterocycles. The van der Waals surface area contributed by atoms with E-state index in [1.807, 2.05) is 45.0 Å². The first kappa shape index (κ1) is 22.6. The van der Waals surface area contributed by atoms with Gasteiger partial charge in [-0.25, -0.2) is 4.79 Å². The van der Waals surface area contributed by atoms with Crippen molar-refractivity contribution in [3.63, 3.8) is 0 Å². The highest BCUT2D eigenvalue weighted by Crippen LogP contribution is 2.24. The molecule has 3 rings (SSSR count). The van der Waals surface area contributed by atoms with Gasteiger partial charge in [-0.2, -0.15) is 5.26 Å². The summed E-state index contributed by atoms with van der Waals surface area (Å²) in [6.07, 6.45) is -0.347. The summed E-state index contributed by atoms with van der Waals surface area (Å²) in [6.45, 7) is 7.32. The Bertz CT molecular complexity index is 1000. The number of carbonyl (C=O) groups excluding carboxylic acids is 2. The van der Waals surface area contributed by atoms with Crippen molar-refractivity contribution in [3.8, 4) is 6.07 Å². The van der Waals surface area contributed by atoms with Crippen molar-refractivity contribution in [1.82, 2.24) is 9.80 Å².